The van der Waals surface area contributed by atoms with Crippen molar-refractivity contribution in [2.45, 2.75) is 19.8 Å². The third kappa shape index (κ3) is 21.1. The molecule has 0 saturated carbocycles. The van der Waals surface area contributed by atoms with Crippen LogP contribution < -0.4 is 0 Å². The van der Waals surface area contributed by atoms with E-state index < -0.39 is 0 Å². The molecule has 1 aliphatic heterocycles. The van der Waals surface area contributed by atoms with Crippen LogP contribution in [-0.2, 0) is 36.0 Å². The maximum Gasteiger partial charge on any atom is 2.00 e. The molecule has 1 saturated heterocycles. The van der Waals surface area contributed by atoms with Gasteiger partial charge in [-0.1, -0.05) is 0 Å². The molecule has 0 aromatic rings. The molecule has 0 atom stereocenters. The molecule has 103 valence electrons. The van der Waals surface area contributed by atoms with Gasteiger partial charge in [-0.15, -0.1) is 0 Å². The van der Waals surface area contributed by atoms with Gasteiger partial charge in [-0.05, 0) is 6.92 Å². The second-order valence-electron chi connectivity index (χ2n) is 3.09. The van der Waals surface area contributed by atoms with Crippen LogP contribution in [0.2, 0.25) is 0 Å². The minimum Gasteiger partial charge on any atom is -0.326 e. The first kappa shape index (κ1) is 29.8. The van der Waals surface area contributed by atoms with E-state index in [0.717, 1.165) is 0 Å². The van der Waals surface area contributed by atoms with Gasteiger partial charge >= 0.3 is 16.8 Å². The van der Waals surface area contributed by atoms with E-state index in [1.165, 1.54) is 37.0 Å². The minimum atomic E-state index is 0. The molecule has 0 amide bonds. The molecule has 6 heteroatoms. The van der Waals surface area contributed by atoms with Crippen molar-refractivity contribution in [1.29, 1.82) is 0 Å². The van der Waals surface area contributed by atoms with Crippen LogP contribution in [0.5, 0.6) is 0 Å². The van der Waals surface area contributed by atoms with Crippen molar-refractivity contribution in [3.05, 3.63) is 0 Å². The number of hydrogen-bond acceptors (Lipinski definition) is 4. The fourth-order valence-corrected chi connectivity index (χ4v) is 1.42. The van der Waals surface area contributed by atoms with Gasteiger partial charge in [-0.2, -0.15) is 0 Å². The standard InChI is InChI=1S/C7H16N.4CH2O.Co/c1-3-8(2)6-4-5-7-8;4*1-2;/h3-7H2,1-2H3;4*1H2;/q+1;;;;;+2. The third-order valence-corrected chi connectivity index (χ3v) is 2.41. The van der Waals surface area contributed by atoms with E-state index in [0.29, 0.717) is 0 Å². The topological polar surface area (TPSA) is 68.3 Å². The maximum absolute atomic E-state index is 8.00. The van der Waals surface area contributed by atoms with E-state index in [4.69, 9.17) is 19.2 Å². The molecule has 0 aromatic heterocycles. The Labute approximate surface area is 114 Å². The molecule has 1 fully saturated rings. The zero-order chi connectivity index (χ0) is 14.0. The van der Waals surface area contributed by atoms with Crippen molar-refractivity contribution in [3.63, 3.8) is 0 Å². The van der Waals surface area contributed by atoms with Gasteiger partial charge in [-0.25, -0.2) is 0 Å². The van der Waals surface area contributed by atoms with Gasteiger partial charge in [0.25, 0.3) is 0 Å². The summed E-state index contributed by atoms with van der Waals surface area (Å²) in [4.78, 5) is 32.0. The van der Waals surface area contributed by atoms with Crippen molar-refractivity contribution in [2.24, 2.45) is 0 Å². The van der Waals surface area contributed by atoms with Crippen LogP contribution in [0.3, 0.4) is 0 Å². The average Bonchev–Trinajstić information content (AvgIpc) is 2.87. The van der Waals surface area contributed by atoms with Crippen LogP contribution in [0.1, 0.15) is 19.8 Å². The average molecular weight is 293 g/mol. The van der Waals surface area contributed by atoms with Gasteiger partial charge in [0.05, 0.1) is 26.7 Å². The molecule has 5 nitrogen and oxygen atoms in total. The Balaban J connectivity index is -0.0000000462. The predicted molar refractivity (Wildman–Crippen MR) is 64.2 cm³/mol. The summed E-state index contributed by atoms with van der Waals surface area (Å²) >= 11 is 0. The summed E-state index contributed by atoms with van der Waals surface area (Å²) in [5.41, 5.74) is 0. The molecule has 1 aliphatic rings. The maximum atomic E-state index is 8.00. The fraction of sp³-hybridized carbons (Fsp3) is 0.636. The Kier molecular flexibility index (Phi) is 51.6. The second-order valence-corrected chi connectivity index (χ2v) is 3.09. The monoisotopic (exact) mass is 293 g/mol. The first-order chi connectivity index (χ1) is 7.77. The van der Waals surface area contributed by atoms with Crippen molar-refractivity contribution in [1.82, 2.24) is 0 Å². The molecule has 1 heterocycles. The van der Waals surface area contributed by atoms with Crippen LogP contribution in [0.15, 0.2) is 0 Å². The number of quaternary nitrogens is 1. The molecule has 0 unspecified atom stereocenters. The molecule has 1 radical (unpaired) electrons. The van der Waals surface area contributed by atoms with Gasteiger partial charge in [0.15, 0.2) is 0 Å². The molecule has 0 aromatic carbocycles. The smallest absolute Gasteiger partial charge is 0.326 e. The normalized spacial score (nSPS) is 13.3. The summed E-state index contributed by atoms with van der Waals surface area (Å²) in [5.74, 6) is 0. The Bertz CT molecular complexity index is 125. The van der Waals surface area contributed by atoms with Gasteiger partial charge in [0.1, 0.15) is 27.2 Å². The van der Waals surface area contributed by atoms with Crippen molar-refractivity contribution in [2.75, 3.05) is 26.7 Å². The van der Waals surface area contributed by atoms with E-state index in [1.54, 1.807) is 0 Å². The van der Waals surface area contributed by atoms with Gasteiger partial charge in [-0.3, -0.25) is 0 Å². The predicted octanol–water partition coefficient (Wildman–Crippen LogP) is 0.505. The van der Waals surface area contributed by atoms with E-state index in [1.807, 2.05) is 27.2 Å². The van der Waals surface area contributed by atoms with Crippen LogP contribution in [0.4, 0.5) is 0 Å². The Morgan fingerprint density at radius 3 is 1.18 bits per heavy atom. The van der Waals surface area contributed by atoms with Gasteiger partial charge < -0.3 is 23.7 Å². The first-order valence-corrected chi connectivity index (χ1v) is 4.76. The van der Waals surface area contributed by atoms with Crippen LogP contribution in [0, 0.1) is 0 Å². The van der Waals surface area contributed by atoms with Crippen molar-refractivity contribution >= 4 is 27.2 Å². The van der Waals surface area contributed by atoms with Gasteiger partial charge in [0, 0.05) is 12.8 Å². The molecule has 0 N–H and O–H groups in total. The number of carbonyl (C=O) groups excluding carboxylic acids is 4. The number of likely N-dealkylation sites (tertiary alicyclic amines) is 1. The Morgan fingerprint density at radius 2 is 1.06 bits per heavy atom. The molecule has 17 heavy (non-hydrogen) atoms. The molecular weight excluding hydrogens is 269 g/mol. The number of hydrogen-bond donors (Lipinski definition) is 0. The fourth-order valence-electron chi connectivity index (χ4n) is 1.42. The number of nitrogens with zero attached hydrogens (tertiary/aromatic N) is 1. The van der Waals surface area contributed by atoms with Crippen molar-refractivity contribution in [3.8, 4) is 0 Å². The van der Waals surface area contributed by atoms with E-state index in [2.05, 4.69) is 14.0 Å². The summed E-state index contributed by atoms with van der Waals surface area (Å²) in [5, 5.41) is 0. The number of rotatable bonds is 1. The van der Waals surface area contributed by atoms with Crippen LogP contribution in [-0.4, -0.2) is 58.3 Å². The first-order valence-electron chi connectivity index (χ1n) is 4.76. The SMILES string of the molecule is C=O.C=O.C=O.C=O.CC[N+]1(C)CCCC1.[Co+2]. The Morgan fingerprint density at radius 1 is 0.824 bits per heavy atom. The summed E-state index contributed by atoms with van der Waals surface area (Å²) in [6.07, 6.45) is 2.90. The summed E-state index contributed by atoms with van der Waals surface area (Å²) in [6.45, 7) is 14.4. The minimum absolute atomic E-state index is 0. The van der Waals surface area contributed by atoms with Crippen molar-refractivity contribution < 1.29 is 40.4 Å². The second kappa shape index (κ2) is 29.4. The quantitative estimate of drug-likeness (QED) is 0.660. The largest absolute Gasteiger partial charge is 2.00 e. The van der Waals surface area contributed by atoms with E-state index >= 15 is 0 Å². The molecular formula is C11H24CoNO4+3. The summed E-state index contributed by atoms with van der Waals surface area (Å²) in [7, 11) is 2.35. The zero-order valence-electron chi connectivity index (χ0n) is 10.8. The van der Waals surface area contributed by atoms with Crippen LogP contribution in [0.25, 0.3) is 0 Å². The van der Waals surface area contributed by atoms with Crippen LogP contribution >= 0.6 is 0 Å². The number of carbonyl (C=O) groups is 4. The third-order valence-electron chi connectivity index (χ3n) is 2.41. The molecule has 0 bridgehead atoms. The van der Waals surface area contributed by atoms with E-state index in [9.17, 15) is 0 Å². The van der Waals surface area contributed by atoms with Gasteiger partial charge in [0.2, 0.25) is 0 Å². The summed E-state index contributed by atoms with van der Waals surface area (Å²) < 4.78 is 1.32. The summed E-state index contributed by atoms with van der Waals surface area (Å²) in [6, 6.07) is 0. The van der Waals surface area contributed by atoms with E-state index in [-0.39, 0.29) is 16.8 Å². The molecule has 0 aliphatic carbocycles. The molecule has 1 rings (SSSR count). The Hall–Kier alpha value is -0.854. The molecule has 0 spiro atoms. The zero-order valence-corrected chi connectivity index (χ0v) is 11.8.